The Labute approximate surface area is 192 Å². The van der Waals surface area contributed by atoms with Crippen LogP contribution in [0.4, 0.5) is 13.2 Å². The molecule has 2 fully saturated rings. The maximum absolute atomic E-state index is 14.1. The SMILES string of the molecule is CC(C)(C)[C@H]1CC[C@H](Oc2ccc3cc(CN4CC(C(=O)O)C4)ccc3c2C(F)(F)F)CC1. The van der Waals surface area contributed by atoms with E-state index in [4.69, 9.17) is 9.84 Å². The van der Waals surface area contributed by atoms with Gasteiger partial charge in [0.1, 0.15) is 11.3 Å². The van der Waals surface area contributed by atoms with E-state index >= 15 is 0 Å². The topological polar surface area (TPSA) is 49.8 Å². The minimum absolute atomic E-state index is 0.0889. The number of halogens is 3. The van der Waals surface area contributed by atoms with E-state index in [2.05, 4.69) is 20.8 Å². The second-order valence-electron chi connectivity index (χ2n) is 10.7. The summed E-state index contributed by atoms with van der Waals surface area (Å²) in [5.74, 6) is -0.694. The Balaban J connectivity index is 1.52. The van der Waals surface area contributed by atoms with Crippen LogP contribution in [-0.2, 0) is 17.5 Å². The van der Waals surface area contributed by atoms with Crippen LogP contribution in [0, 0.1) is 17.3 Å². The number of ether oxygens (including phenoxy) is 1. The summed E-state index contributed by atoms with van der Waals surface area (Å²) in [6, 6.07) is 8.13. The number of nitrogens with zero attached hydrogens (tertiary/aromatic N) is 1. The number of fused-ring (bicyclic) bond motifs is 1. The lowest BCUT2D eigenvalue weighted by Gasteiger charge is -2.37. The first-order valence-electron chi connectivity index (χ1n) is 11.7. The number of benzene rings is 2. The van der Waals surface area contributed by atoms with Crippen LogP contribution in [0.25, 0.3) is 10.8 Å². The summed E-state index contributed by atoms with van der Waals surface area (Å²) in [5, 5.41) is 9.66. The number of carboxylic acids is 1. The van der Waals surface area contributed by atoms with Crippen molar-refractivity contribution in [3.63, 3.8) is 0 Å². The molecule has 0 spiro atoms. The van der Waals surface area contributed by atoms with E-state index in [1.54, 1.807) is 18.2 Å². The molecule has 0 bridgehead atoms. The molecule has 0 aromatic heterocycles. The molecule has 1 heterocycles. The normalized spacial score (nSPS) is 22.8. The number of carboxylic acid groups (broad SMARTS) is 1. The zero-order chi connectivity index (χ0) is 24.0. The minimum atomic E-state index is -4.52. The van der Waals surface area contributed by atoms with Gasteiger partial charge in [-0.25, -0.2) is 0 Å². The zero-order valence-corrected chi connectivity index (χ0v) is 19.4. The fraction of sp³-hybridized carbons (Fsp3) is 0.577. The van der Waals surface area contributed by atoms with Gasteiger partial charge in [0.05, 0.1) is 12.0 Å². The fourth-order valence-corrected chi connectivity index (χ4v) is 5.19. The first-order valence-corrected chi connectivity index (χ1v) is 11.7. The Morgan fingerprint density at radius 1 is 1.06 bits per heavy atom. The molecular weight excluding hydrogens is 431 g/mol. The molecule has 4 nitrogen and oxygen atoms in total. The summed E-state index contributed by atoms with van der Waals surface area (Å²) in [7, 11) is 0. The van der Waals surface area contributed by atoms with Crippen LogP contribution in [0.2, 0.25) is 0 Å². The molecule has 33 heavy (non-hydrogen) atoms. The molecule has 2 aliphatic rings. The number of alkyl halides is 3. The molecule has 2 aromatic carbocycles. The Hall–Kier alpha value is -2.28. The van der Waals surface area contributed by atoms with E-state index in [0.29, 0.717) is 30.9 Å². The molecule has 0 unspecified atom stereocenters. The molecule has 1 N–H and O–H groups in total. The van der Waals surface area contributed by atoms with Crippen molar-refractivity contribution in [2.75, 3.05) is 13.1 Å². The molecule has 1 aliphatic carbocycles. The standard InChI is InChI=1S/C26H32F3NO3/c1-25(2,3)19-6-8-20(9-7-19)33-22-11-5-17-12-16(13-30-14-18(15-30)24(31)32)4-10-21(17)23(22)26(27,28)29/h4-5,10-12,18-20H,6-9,13-15H2,1-3H3,(H,31,32)/t19-,20-. The van der Waals surface area contributed by atoms with Crippen molar-refractivity contribution in [2.45, 2.75) is 65.3 Å². The minimum Gasteiger partial charge on any atom is -0.490 e. The molecule has 0 radical (unpaired) electrons. The third kappa shape index (κ3) is 5.29. The molecule has 180 valence electrons. The van der Waals surface area contributed by atoms with E-state index < -0.39 is 17.7 Å². The average Bonchev–Trinajstić information content (AvgIpc) is 2.68. The van der Waals surface area contributed by atoms with Crippen molar-refractivity contribution in [1.29, 1.82) is 0 Å². The van der Waals surface area contributed by atoms with Gasteiger partial charge in [-0.2, -0.15) is 13.2 Å². The lowest BCUT2D eigenvalue weighted by atomic mass is 9.72. The Morgan fingerprint density at radius 2 is 1.73 bits per heavy atom. The van der Waals surface area contributed by atoms with E-state index in [0.717, 1.165) is 31.2 Å². The molecule has 0 amide bonds. The number of aliphatic carboxylic acids is 1. The van der Waals surface area contributed by atoms with Gasteiger partial charge >= 0.3 is 12.1 Å². The highest BCUT2D eigenvalue weighted by Gasteiger charge is 2.38. The summed E-state index contributed by atoms with van der Waals surface area (Å²) >= 11 is 0. The number of hydrogen-bond acceptors (Lipinski definition) is 3. The van der Waals surface area contributed by atoms with Crippen LogP contribution >= 0.6 is 0 Å². The first kappa shape index (κ1) is 23.9. The van der Waals surface area contributed by atoms with Crippen LogP contribution in [-0.4, -0.2) is 35.2 Å². The molecular formula is C26H32F3NO3. The lowest BCUT2D eigenvalue weighted by Crippen LogP contribution is -2.49. The van der Waals surface area contributed by atoms with E-state index in [9.17, 15) is 18.0 Å². The van der Waals surface area contributed by atoms with E-state index in [1.165, 1.54) is 12.1 Å². The van der Waals surface area contributed by atoms with Crippen LogP contribution in [0.3, 0.4) is 0 Å². The molecule has 7 heteroatoms. The average molecular weight is 464 g/mol. The molecule has 4 rings (SSSR count). The van der Waals surface area contributed by atoms with Gasteiger partial charge in [-0.05, 0) is 65.5 Å². The smallest absolute Gasteiger partial charge is 0.420 e. The molecule has 1 saturated carbocycles. The second-order valence-corrected chi connectivity index (χ2v) is 10.7. The summed E-state index contributed by atoms with van der Waals surface area (Å²) < 4.78 is 48.3. The van der Waals surface area contributed by atoms with Crippen LogP contribution < -0.4 is 4.74 Å². The number of carbonyl (C=O) groups is 1. The molecule has 0 atom stereocenters. The summed E-state index contributed by atoms with van der Waals surface area (Å²) in [4.78, 5) is 13.0. The Bertz CT molecular complexity index is 1010. The van der Waals surface area contributed by atoms with Gasteiger partial charge in [-0.1, -0.05) is 39.0 Å². The largest absolute Gasteiger partial charge is 0.490 e. The highest BCUT2D eigenvalue weighted by Crippen LogP contribution is 2.44. The maximum atomic E-state index is 14.1. The molecule has 1 aliphatic heterocycles. The van der Waals surface area contributed by atoms with Crippen LogP contribution in [0.15, 0.2) is 30.3 Å². The van der Waals surface area contributed by atoms with Crippen LogP contribution in [0.1, 0.15) is 57.6 Å². The predicted molar refractivity (Wildman–Crippen MR) is 121 cm³/mol. The summed E-state index contributed by atoms with van der Waals surface area (Å²) in [5.41, 5.74) is 0.362. The summed E-state index contributed by atoms with van der Waals surface area (Å²) in [6.07, 6.45) is -1.26. The number of hydrogen-bond donors (Lipinski definition) is 1. The van der Waals surface area contributed by atoms with Gasteiger partial charge in [-0.3, -0.25) is 9.69 Å². The van der Waals surface area contributed by atoms with Crippen molar-refractivity contribution in [1.82, 2.24) is 4.90 Å². The van der Waals surface area contributed by atoms with Crippen molar-refractivity contribution in [2.24, 2.45) is 17.3 Å². The van der Waals surface area contributed by atoms with Gasteiger partial charge in [0.15, 0.2) is 0 Å². The number of likely N-dealkylation sites (tertiary alicyclic amines) is 1. The second kappa shape index (κ2) is 8.82. The van der Waals surface area contributed by atoms with E-state index in [-0.39, 0.29) is 28.6 Å². The third-order valence-corrected chi connectivity index (χ3v) is 7.23. The monoisotopic (exact) mass is 463 g/mol. The van der Waals surface area contributed by atoms with Gasteiger partial charge < -0.3 is 9.84 Å². The Morgan fingerprint density at radius 3 is 2.30 bits per heavy atom. The fourth-order valence-electron chi connectivity index (χ4n) is 5.19. The highest BCUT2D eigenvalue weighted by atomic mass is 19.4. The summed E-state index contributed by atoms with van der Waals surface area (Å²) in [6.45, 7) is 8.09. The van der Waals surface area contributed by atoms with Crippen molar-refractivity contribution in [3.05, 3.63) is 41.5 Å². The zero-order valence-electron chi connectivity index (χ0n) is 19.4. The van der Waals surface area contributed by atoms with E-state index in [1.807, 2.05) is 4.90 Å². The van der Waals surface area contributed by atoms with Crippen LogP contribution in [0.5, 0.6) is 5.75 Å². The van der Waals surface area contributed by atoms with Crippen molar-refractivity contribution >= 4 is 16.7 Å². The molecule has 2 aromatic rings. The molecule has 1 saturated heterocycles. The lowest BCUT2D eigenvalue weighted by molar-refractivity contribution is -0.147. The maximum Gasteiger partial charge on any atom is 0.420 e. The van der Waals surface area contributed by atoms with Crippen molar-refractivity contribution in [3.8, 4) is 5.75 Å². The van der Waals surface area contributed by atoms with Gasteiger partial charge in [0, 0.05) is 19.6 Å². The van der Waals surface area contributed by atoms with Gasteiger partial charge in [0.2, 0.25) is 0 Å². The first-order chi connectivity index (χ1) is 15.4. The predicted octanol–water partition coefficient (Wildman–Crippen LogP) is 6.36. The Kier molecular flexibility index (Phi) is 6.38. The van der Waals surface area contributed by atoms with Gasteiger partial charge in [0.25, 0.3) is 0 Å². The third-order valence-electron chi connectivity index (χ3n) is 7.23. The quantitative estimate of drug-likeness (QED) is 0.561. The van der Waals surface area contributed by atoms with Gasteiger partial charge in [-0.15, -0.1) is 0 Å². The number of rotatable bonds is 5. The van der Waals surface area contributed by atoms with Crippen molar-refractivity contribution < 1.29 is 27.8 Å². The highest BCUT2D eigenvalue weighted by molar-refractivity contribution is 5.89.